The van der Waals surface area contributed by atoms with E-state index < -0.39 is 11.6 Å². The first kappa shape index (κ1) is 15.0. The molecule has 1 aromatic rings. The summed E-state index contributed by atoms with van der Waals surface area (Å²) in [5, 5.41) is 0. The lowest BCUT2D eigenvalue weighted by molar-refractivity contribution is -0.0943. The standard InChI is InChI=1S/C15H24N2O3/c1-5-20-15(8-6-14(2,3)7-9-15)13-16-10-11(17-13)12(18)19-4/h10H,5-9H2,1-4H3,(H,16,17). The molecule has 5 heteroatoms. The smallest absolute Gasteiger partial charge is 0.356 e. The summed E-state index contributed by atoms with van der Waals surface area (Å²) in [5.41, 5.74) is 0.334. The van der Waals surface area contributed by atoms with Gasteiger partial charge in [-0.15, -0.1) is 0 Å². The van der Waals surface area contributed by atoms with E-state index in [1.54, 1.807) is 0 Å². The minimum Gasteiger partial charge on any atom is -0.464 e. The second kappa shape index (κ2) is 5.56. The first-order valence-electron chi connectivity index (χ1n) is 7.20. The van der Waals surface area contributed by atoms with Gasteiger partial charge in [-0.1, -0.05) is 13.8 Å². The Kier molecular flexibility index (Phi) is 4.18. The molecule has 1 N–H and O–H groups in total. The Bertz CT molecular complexity index is 469. The van der Waals surface area contributed by atoms with Gasteiger partial charge >= 0.3 is 5.97 Å². The second-order valence-electron chi connectivity index (χ2n) is 6.23. The molecular weight excluding hydrogens is 256 g/mol. The maximum absolute atomic E-state index is 11.5. The van der Waals surface area contributed by atoms with E-state index in [2.05, 4.69) is 23.8 Å². The molecule has 5 nitrogen and oxygen atoms in total. The van der Waals surface area contributed by atoms with Crippen molar-refractivity contribution in [3.8, 4) is 0 Å². The van der Waals surface area contributed by atoms with Gasteiger partial charge < -0.3 is 14.5 Å². The number of rotatable bonds is 4. The number of aromatic nitrogens is 2. The van der Waals surface area contributed by atoms with Crippen LogP contribution in [0.2, 0.25) is 0 Å². The van der Waals surface area contributed by atoms with E-state index in [4.69, 9.17) is 9.47 Å². The highest BCUT2D eigenvalue weighted by Crippen LogP contribution is 2.46. The number of carbonyl (C=O) groups is 1. The van der Waals surface area contributed by atoms with Crippen LogP contribution in [0.25, 0.3) is 0 Å². The summed E-state index contributed by atoms with van der Waals surface area (Å²) in [6.07, 6.45) is 5.54. The number of hydrogen-bond donors (Lipinski definition) is 1. The second-order valence-corrected chi connectivity index (χ2v) is 6.23. The number of H-pyrrole nitrogens is 1. The summed E-state index contributed by atoms with van der Waals surface area (Å²) in [6, 6.07) is 0. The lowest BCUT2D eigenvalue weighted by Gasteiger charge is -2.42. The maximum Gasteiger partial charge on any atom is 0.356 e. The maximum atomic E-state index is 11.5. The Morgan fingerprint density at radius 1 is 1.35 bits per heavy atom. The Morgan fingerprint density at radius 2 is 2.00 bits per heavy atom. The number of imidazole rings is 1. The SMILES string of the molecule is CCOC1(c2ncc(C(=O)OC)[nH]2)CCC(C)(C)CC1. The van der Waals surface area contributed by atoms with E-state index in [0.29, 0.717) is 17.7 Å². The Labute approximate surface area is 120 Å². The molecule has 0 saturated heterocycles. The zero-order valence-electron chi connectivity index (χ0n) is 12.8. The first-order chi connectivity index (χ1) is 9.42. The van der Waals surface area contributed by atoms with Crippen LogP contribution < -0.4 is 0 Å². The molecule has 112 valence electrons. The Hall–Kier alpha value is -1.36. The molecule has 1 aliphatic carbocycles. The third-order valence-electron chi connectivity index (χ3n) is 4.24. The highest BCUT2D eigenvalue weighted by atomic mass is 16.5. The summed E-state index contributed by atoms with van der Waals surface area (Å²) >= 11 is 0. The van der Waals surface area contributed by atoms with E-state index >= 15 is 0 Å². The van der Waals surface area contributed by atoms with E-state index in [9.17, 15) is 4.79 Å². The number of hydrogen-bond acceptors (Lipinski definition) is 4. The molecule has 0 spiro atoms. The van der Waals surface area contributed by atoms with Crippen LogP contribution in [-0.2, 0) is 15.1 Å². The number of methoxy groups -OCH3 is 1. The molecule has 0 radical (unpaired) electrons. The number of nitrogens with one attached hydrogen (secondary N) is 1. The van der Waals surface area contributed by atoms with Crippen molar-refractivity contribution in [3.63, 3.8) is 0 Å². The van der Waals surface area contributed by atoms with E-state index in [1.165, 1.54) is 13.3 Å². The molecule has 1 aromatic heterocycles. The molecule has 0 unspecified atom stereocenters. The van der Waals surface area contributed by atoms with Gasteiger partial charge in [0.25, 0.3) is 0 Å². The molecule has 1 heterocycles. The van der Waals surface area contributed by atoms with Crippen LogP contribution in [0.1, 0.15) is 62.8 Å². The Morgan fingerprint density at radius 3 is 2.55 bits per heavy atom. The van der Waals surface area contributed by atoms with Crippen molar-refractivity contribution in [1.82, 2.24) is 9.97 Å². The fourth-order valence-electron chi connectivity index (χ4n) is 2.82. The predicted molar refractivity (Wildman–Crippen MR) is 75.5 cm³/mol. The van der Waals surface area contributed by atoms with Gasteiger partial charge in [-0.05, 0) is 38.0 Å². The fourth-order valence-corrected chi connectivity index (χ4v) is 2.82. The van der Waals surface area contributed by atoms with Gasteiger partial charge in [-0.3, -0.25) is 0 Å². The number of nitrogens with zero attached hydrogens (tertiary/aromatic N) is 1. The topological polar surface area (TPSA) is 64.2 Å². The van der Waals surface area contributed by atoms with Crippen LogP contribution in [0.4, 0.5) is 0 Å². The van der Waals surface area contributed by atoms with Crippen molar-refractivity contribution < 1.29 is 14.3 Å². The highest BCUT2D eigenvalue weighted by Gasteiger charge is 2.42. The molecule has 0 amide bonds. The molecule has 20 heavy (non-hydrogen) atoms. The summed E-state index contributed by atoms with van der Waals surface area (Å²) < 4.78 is 10.7. The van der Waals surface area contributed by atoms with Crippen molar-refractivity contribution in [2.45, 2.75) is 52.1 Å². The summed E-state index contributed by atoms with van der Waals surface area (Å²) in [7, 11) is 1.37. The van der Waals surface area contributed by atoms with Gasteiger partial charge in [0, 0.05) is 6.61 Å². The molecule has 2 rings (SSSR count). The number of carbonyl (C=O) groups excluding carboxylic acids is 1. The number of esters is 1. The van der Waals surface area contributed by atoms with Crippen molar-refractivity contribution in [2.24, 2.45) is 5.41 Å². The summed E-state index contributed by atoms with van der Waals surface area (Å²) in [6.45, 7) is 7.19. The minimum atomic E-state index is -0.397. The van der Waals surface area contributed by atoms with Gasteiger partial charge in [-0.2, -0.15) is 0 Å². The van der Waals surface area contributed by atoms with Crippen molar-refractivity contribution in [1.29, 1.82) is 0 Å². The zero-order chi connectivity index (χ0) is 14.8. The van der Waals surface area contributed by atoms with Crippen LogP contribution in [0.5, 0.6) is 0 Å². The predicted octanol–water partition coefficient (Wildman–Crippen LogP) is 3.03. The largest absolute Gasteiger partial charge is 0.464 e. The molecule has 1 fully saturated rings. The van der Waals surface area contributed by atoms with Crippen LogP contribution in [0, 0.1) is 5.41 Å². The molecule has 0 aromatic carbocycles. The van der Waals surface area contributed by atoms with Gasteiger partial charge in [-0.25, -0.2) is 9.78 Å². The third kappa shape index (κ3) is 2.87. The molecule has 1 saturated carbocycles. The molecular formula is C15H24N2O3. The molecule has 0 bridgehead atoms. The summed E-state index contributed by atoms with van der Waals surface area (Å²) in [5.74, 6) is 0.349. The average molecular weight is 280 g/mol. The third-order valence-corrected chi connectivity index (χ3v) is 4.24. The van der Waals surface area contributed by atoms with Gasteiger partial charge in [0.1, 0.15) is 17.1 Å². The quantitative estimate of drug-likeness (QED) is 0.861. The normalized spacial score (nSPS) is 20.6. The minimum absolute atomic E-state index is 0.346. The van der Waals surface area contributed by atoms with E-state index in [0.717, 1.165) is 31.5 Å². The van der Waals surface area contributed by atoms with Crippen LogP contribution in [0.3, 0.4) is 0 Å². The summed E-state index contributed by atoms with van der Waals surface area (Å²) in [4.78, 5) is 19.0. The van der Waals surface area contributed by atoms with Crippen molar-refractivity contribution >= 4 is 5.97 Å². The zero-order valence-corrected chi connectivity index (χ0v) is 12.8. The number of ether oxygens (including phenoxy) is 2. The molecule has 0 atom stereocenters. The monoisotopic (exact) mass is 280 g/mol. The van der Waals surface area contributed by atoms with Gasteiger partial charge in [0.2, 0.25) is 0 Å². The van der Waals surface area contributed by atoms with Gasteiger partial charge in [0.05, 0.1) is 13.3 Å². The lowest BCUT2D eigenvalue weighted by Crippen LogP contribution is -2.38. The van der Waals surface area contributed by atoms with E-state index in [-0.39, 0.29) is 0 Å². The first-order valence-corrected chi connectivity index (χ1v) is 7.20. The van der Waals surface area contributed by atoms with Gasteiger partial charge in [0.15, 0.2) is 0 Å². The van der Waals surface area contributed by atoms with Crippen LogP contribution in [0.15, 0.2) is 6.20 Å². The van der Waals surface area contributed by atoms with Crippen molar-refractivity contribution in [3.05, 3.63) is 17.7 Å². The fraction of sp³-hybridized carbons (Fsp3) is 0.733. The number of aromatic amines is 1. The average Bonchev–Trinajstić information content (AvgIpc) is 2.91. The lowest BCUT2D eigenvalue weighted by atomic mass is 9.70. The highest BCUT2D eigenvalue weighted by molar-refractivity contribution is 5.86. The van der Waals surface area contributed by atoms with Crippen molar-refractivity contribution in [2.75, 3.05) is 13.7 Å². The Balaban J connectivity index is 2.25. The van der Waals surface area contributed by atoms with E-state index in [1.807, 2.05) is 6.92 Å². The van der Waals surface area contributed by atoms with Crippen LogP contribution >= 0.6 is 0 Å². The molecule has 1 aliphatic rings. The molecule has 0 aliphatic heterocycles. The van der Waals surface area contributed by atoms with Crippen LogP contribution in [-0.4, -0.2) is 29.7 Å².